The molecule has 0 atom stereocenters. The highest BCUT2D eigenvalue weighted by molar-refractivity contribution is 5.98. The molecular weight excluding hydrogens is 272 g/mol. The molecule has 0 aliphatic carbocycles. The van der Waals surface area contributed by atoms with Crippen molar-refractivity contribution in [2.24, 2.45) is 0 Å². The molecule has 0 spiro atoms. The van der Waals surface area contributed by atoms with Crippen molar-refractivity contribution in [3.8, 4) is 0 Å². The molecule has 0 bridgehead atoms. The number of ether oxygens (including phenoxy) is 2. The third kappa shape index (κ3) is 4.07. The Labute approximate surface area is 121 Å². The molecule has 0 N–H and O–H groups in total. The molecule has 21 heavy (non-hydrogen) atoms. The van der Waals surface area contributed by atoms with E-state index in [2.05, 4.69) is 0 Å². The van der Waals surface area contributed by atoms with E-state index in [-0.39, 0.29) is 12.4 Å². The van der Waals surface area contributed by atoms with Crippen LogP contribution in [0.2, 0.25) is 0 Å². The van der Waals surface area contributed by atoms with Crippen molar-refractivity contribution in [3.05, 3.63) is 66.1 Å². The van der Waals surface area contributed by atoms with E-state index in [9.17, 15) is 9.59 Å². The van der Waals surface area contributed by atoms with Crippen LogP contribution >= 0.6 is 0 Å². The summed E-state index contributed by atoms with van der Waals surface area (Å²) in [6.07, 6.45) is 2.71. The Hall–Kier alpha value is -2.82. The maximum atomic E-state index is 11.8. The summed E-state index contributed by atoms with van der Waals surface area (Å²) in [6.45, 7) is -0.360. The number of hydrogen-bond donors (Lipinski definition) is 0. The number of ketones is 1. The van der Waals surface area contributed by atoms with Gasteiger partial charge >= 0.3 is 5.97 Å². The molecule has 1 aromatic carbocycles. The zero-order chi connectivity index (χ0) is 15.1. The van der Waals surface area contributed by atoms with E-state index >= 15 is 0 Å². The van der Waals surface area contributed by atoms with Crippen molar-refractivity contribution in [3.63, 3.8) is 0 Å². The van der Waals surface area contributed by atoms with Gasteiger partial charge in [-0.15, -0.1) is 0 Å². The first-order valence-electron chi connectivity index (χ1n) is 6.25. The Kier molecular flexibility index (Phi) is 4.93. The second-order valence-corrected chi connectivity index (χ2v) is 4.10. The lowest BCUT2D eigenvalue weighted by atomic mass is 10.2. The molecule has 2 rings (SSSR count). The molecule has 0 aliphatic heterocycles. The van der Waals surface area contributed by atoms with Crippen molar-refractivity contribution in [2.75, 3.05) is 13.7 Å². The van der Waals surface area contributed by atoms with E-state index < -0.39 is 11.8 Å². The summed E-state index contributed by atoms with van der Waals surface area (Å²) in [5, 5.41) is 0. The quantitative estimate of drug-likeness (QED) is 0.464. The van der Waals surface area contributed by atoms with Crippen molar-refractivity contribution in [1.29, 1.82) is 0 Å². The third-order valence-electron chi connectivity index (χ3n) is 2.63. The fourth-order valence-corrected chi connectivity index (χ4v) is 1.63. The predicted molar refractivity (Wildman–Crippen MR) is 75.4 cm³/mol. The van der Waals surface area contributed by atoms with Gasteiger partial charge in [0.1, 0.15) is 0 Å². The molecule has 1 heterocycles. The second-order valence-electron chi connectivity index (χ2n) is 4.10. The summed E-state index contributed by atoms with van der Waals surface area (Å²) in [5.41, 5.74) is 0.396. The fourth-order valence-electron chi connectivity index (χ4n) is 1.63. The summed E-state index contributed by atoms with van der Waals surface area (Å²) in [7, 11) is 1.43. The van der Waals surface area contributed by atoms with Crippen molar-refractivity contribution in [1.82, 2.24) is 0 Å². The summed E-state index contributed by atoms with van der Waals surface area (Å²) in [4.78, 5) is 23.5. The Morgan fingerprint density at radius 2 is 1.90 bits per heavy atom. The minimum absolute atomic E-state index is 0.278. The number of benzene rings is 1. The molecule has 0 saturated heterocycles. The fraction of sp³-hybridized carbons (Fsp3) is 0.125. The molecule has 0 amide bonds. The Bertz CT molecular complexity index is 626. The average molecular weight is 286 g/mol. The van der Waals surface area contributed by atoms with Gasteiger partial charge in [0.2, 0.25) is 0 Å². The van der Waals surface area contributed by atoms with Crippen LogP contribution in [0.5, 0.6) is 0 Å². The summed E-state index contributed by atoms with van der Waals surface area (Å²) < 4.78 is 15.1. The molecule has 0 fully saturated rings. The monoisotopic (exact) mass is 286 g/mol. The lowest BCUT2D eigenvalue weighted by Crippen LogP contribution is -2.12. The molecule has 5 heteroatoms. The van der Waals surface area contributed by atoms with Crippen molar-refractivity contribution in [2.45, 2.75) is 0 Å². The van der Waals surface area contributed by atoms with Gasteiger partial charge in [0.05, 0.1) is 18.9 Å². The van der Waals surface area contributed by atoms with Crippen LogP contribution < -0.4 is 0 Å². The van der Waals surface area contributed by atoms with Crippen LogP contribution in [0.3, 0.4) is 0 Å². The number of carbonyl (C=O) groups excluding carboxylic acids is 2. The number of carbonyl (C=O) groups is 2. The highest BCUT2D eigenvalue weighted by atomic mass is 16.5. The number of hydrogen-bond acceptors (Lipinski definition) is 5. The van der Waals surface area contributed by atoms with Gasteiger partial charge in [-0.25, -0.2) is 4.79 Å². The molecule has 108 valence electrons. The lowest BCUT2D eigenvalue weighted by molar-refractivity contribution is -0.117. The molecule has 5 nitrogen and oxygen atoms in total. The maximum absolute atomic E-state index is 11.8. The van der Waals surface area contributed by atoms with Crippen LogP contribution in [0.1, 0.15) is 16.1 Å². The summed E-state index contributed by atoms with van der Waals surface area (Å²) in [5.74, 6) is -0.233. The van der Waals surface area contributed by atoms with E-state index in [4.69, 9.17) is 13.9 Å². The molecule has 0 radical (unpaired) electrons. The number of rotatable bonds is 6. The largest absolute Gasteiger partial charge is 0.493 e. The summed E-state index contributed by atoms with van der Waals surface area (Å²) in [6, 6.07) is 11.8. The zero-order valence-electron chi connectivity index (χ0n) is 11.4. The van der Waals surface area contributed by atoms with E-state index in [1.807, 2.05) is 0 Å². The third-order valence-corrected chi connectivity index (χ3v) is 2.63. The number of furan rings is 1. The molecule has 0 saturated carbocycles. The first kappa shape index (κ1) is 14.6. The van der Waals surface area contributed by atoms with Gasteiger partial charge in [-0.05, 0) is 24.3 Å². The van der Waals surface area contributed by atoms with Crippen LogP contribution in [-0.4, -0.2) is 25.5 Å². The standard InChI is InChI=1S/C16H14O5/c1-19-15(14-8-5-9-20-14)10-13(17)11-21-16(18)12-6-3-2-4-7-12/h2-10H,11H2,1H3. The number of esters is 1. The Balaban J connectivity index is 1.94. The van der Waals surface area contributed by atoms with Crippen molar-refractivity contribution < 1.29 is 23.5 Å². The minimum atomic E-state index is -0.547. The van der Waals surface area contributed by atoms with Gasteiger partial charge in [-0.1, -0.05) is 18.2 Å². The van der Waals surface area contributed by atoms with E-state index in [1.54, 1.807) is 42.5 Å². The van der Waals surface area contributed by atoms with Gasteiger partial charge in [-0.2, -0.15) is 0 Å². The van der Waals surface area contributed by atoms with Crippen LogP contribution in [-0.2, 0) is 14.3 Å². The highest BCUT2D eigenvalue weighted by Gasteiger charge is 2.11. The number of methoxy groups -OCH3 is 1. The second kappa shape index (κ2) is 7.09. The van der Waals surface area contributed by atoms with Crippen LogP contribution in [0.15, 0.2) is 59.2 Å². The van der Waals surface area contributed by atoms with E-state index in [0.717, 1.165) is 0 Å². The SMILES string of the molecule is COC(=CC(=O)COC(=O)c1ccccc1)c1ccco1. The Morgan fingerprint density at radius 1 is 1.14 bits per heavy atom. The van der Waals surface area contributed by atoms with Crippen LogP contribution in [0.4, 0.5) is 0 Å². The molecule has 2 aromatic rings. The zero-order valence-corrected chi connectivity index (χ0v) is 11.4. The van der Waals surface area contributed by atoms with Gasteiger partial charge in [-0.3, -0.25) is 4.79 Å². The molecular formula is C16H14O5. The molecule has 1 aromatic heterocycles. The normalized spacial score (nSPS) is 11.0. The van der Waals surface area contributed by atoms with E-state index in [0.29, 0.717) is 11.3 Å². The highest BCUT2D eigenvalue weighted by Crippen LogP contribution is 2.15. The molecule has 0 aliphatic rings. The summed E-state index contributed by atoms with van der Waals surface area (Å²) >= 11 is 0. The average Bonchev–Trinajstić information content (AvgIpc) is 3.05. The lowest BCUT2D eigenvalue weighted by Gasteiger charge is -2.04. The van der Waals surface area contributed by atoms with Gasteiger partial charge < -0.3 is 13.9 Å². The van der Waals surface area contributed by atoms with E-state index in [1.165, 1.54) is 19.4 Å². The predicted octanol–water partition coefficient (Wildman–Crippen LogP) is 2.69. The smallest absolute Gasteiger partial charge is 0.338 e. The Morgan fingerprint density at radius 3 is 2.52 bits per heavy atom. The first-order chi connectivity index (χ1) is 10.2. The van der Waals surface area contributed by atoms with Gasteiger partial charge in [0.15, 0.2) is 23.9 Å². The molecule has 0 unspecified atom stereocenters. The first-order valence-corrected chi connectivity index (χ1v) is 6.25. The topological polar surface area (TPSA) is 65.7 Å². The van der Waals surface area contributed by atoms with Gasteiger partial charge in [0.25, 0.3) is 0 Å². The van der Waals surface area contributed by atoms with Crippen LogP contribution in [0.25, 0.3) is 5.76 Å². The van der Waals surface area contributed by atoms with Gasteiger partial charge in [0, 0.05) is 6.08 Å². The van der Waals surface area contributed by atoms with Crippen LogP contribution in [0, 0.1) is 0 Å². The van der Waals surface area contributed by atoms with Crippen molar-refractivity contribution >= 4 is 17.5 Å². The minimum Gasteiger partial charge on any atom is -0.493 e. The maximum Gasteiger partial charge on any atom is 0.338 e.